The molecule has 1 N–H and O–H groups in total. The molecule has 3 rings (SSSR count). The highest BCUT2D eigenvalue weighted by atomic mass is 35.5. The first-order valence-corrected chi connectivity index (χ1v) is 9.25. The minimum absolute atomic E-state index is 0.235. The van der Waals surface area contributed by atoms with Gasteiger partial charge in [0.2, 0.25) is 5.91 Å². The number of benzene rings is 1. The van der Waals surface area contributed by atoms with Crippen LogP contribution >= 0.6 is 34.7 Å². The lowest BCUT2D eigenvalue weighted by Gasteiger charge is -2.10. The lowest BCUT2D eigenvalue weighted by Crippen LogP contribution is -2.22. The standard InChI is InChI=1S/C16H11ClN4O2S2/c1-9(14(22)19-11-5-4-10(8-18)12(17)7-11)25-16-21-20-15(23-16)13-3-2-6-24-13/h2-7,9H,1H3,(H,19,22). The van der Waals surface area contributed by atoms with Gasteiger partial charge in [-0.15, -0.1) is 21.5 Å². The average Bonchev–Trinajstić information content (AvgIpc) is 3.26. The van der Waals surface area contributed by atoms with E-state index in [0.29, 0.717) is 22.4 Å². The van der Waals surface area contributed by atoms with Crippen LogP contribution in [-0.4, -0.2) is 21.4 Å². The Labute approximate surface area is 156 Å². The van der Waals surface area contributed by atoms with Gasteiger partial charge in [-0.2, -0.15) is 5.26 Å². The van der Waals surface area contributed by atoms with Crippen molar-refractivity contribution in [3.63, 3.8) is 0 Å². The number of nitriles is 1. The number of aromatic nitrogens is 2. The number of nitrogens with zero attached hydrogens (tertiary/aromatic N) is 3. The molecule has 0 aliphatic rings. The first-order valence-electron chi connectivity index (χ1n) is 7.11. The summed E-state index contributed by atoms with van der Waals surface area (Å²) in [5.41, 5.74) is 0.875. The lowest BCUT2D eigenvalue weighted by molar-refractivity contribution is -0.115. The monoisotopic (exact) mass is 390 g/mol. The molecule has 0 aliphatic heterocycles. The fourth-order valence-corrected chi connectivity index (χ4v) is 3.44. The Morgan fingerprint density at radius 1 is 1.44 bits per heavy atom. The summed E-state index contributed by atoms with van der Waals surface area (Å²) in [4.78, 5) is 13.2. The molecular weight excluding hydrogens is 380 g/mol. The topological polar surface area (TPSA) is 91.8 Å². The molecule has 6 nitrogen and oxygen atoms in total. The number of rotatable bonds is 5. The molecule has 0 spiro atoms. The van der Waals surface area contributed by atoms with Gasteiger partial charge >= 0.3 is 0 Å². The molecule has 0 bridgehead atoms. The molecule has 1 aromatic carbocycles. The minimum Gasteiger partial charge on any atom is -0.410 e. The Balaban J connectivity index is 1.63. The number of amides is 1. The molecule has 3 aromatic rings. The zero-order chi connectivity index (χ0) is 17.8. The van der Waals surface area contributed by atoms with Crippen molar-refractivity contribution in [1.82, 2.24) is 10.2 Å². The van der Waals surface area contributed by atoms with E-state index in [-0.39, 0.29) is 10.9 Å². The van der Waals surface area contributed by atoms with Crippen molar-refractivity contribution in [1.29, 1.82) is 5.26 Å². The number of carbonyl (C=O) groups is 1. The Morgan fingerprint density at radius 3 is 2.96 bits per heavy atom. The molecule has 1 amide bonds. The number of thiophene rings is 1. The highest BCUT2D eigenvalue weighted by Crippen LogP contribution is 2.29. The van der Waals surface area contributed by atoms with Gasteiger partial charge in [0, 0.05) is 5.69 Å². The number of carbonyl (C=O) groups excluding carboxylic acids is 1. The van der Waals surface area contributed by atoms with Crippen molar-refractivity contribution in [2.45, 2.75) is 17.4 Å². The maximum absolute atomic E-state index is 12.3. The van der Waals surface area contributed by atoms with Crippen molar-refractivity contribution >= 4 is 46.3 Å². The molecule has 0 saturated carbocycles. The maximum atomic E-state index is 12.3. The summed E-state index contributed by atoms with van der Waals surface area (Å²) < 4.78 is 5.56. The first-order chi connectivity index (χ1) is 12.1. The molecule has 2 heterocycles. The van der Waals surface area contributed by atoms with Crippen LogP contribution in [0.4, 0.5) is 5.69 Å². The predicted octanol–water partition coefficient (Wildman–Crippen LogP) is 4.44. The van der Waals surface area contributed by atoms with E-state index in [2.05, 4.69) is 15.5 Å². The largest absolute Gasteiger partial charge is 0.410 e. The van der Waals surface area contributed by atoms with Crippen molar-refractivity contribution < 1.29 is 9.21 Å². The van der Waals surface area contributed by atoms with Crippen molar-refractivity contribution in [2.75, 3.05) is 5.32 Å². The van der Waals surface area contributed by atoms with Gasteiger partial charge in [-0.3, -0.25) is 4.79 Å². The predicted molar refractivity (Wildman–Crippen MR) is 97.7 cm³/mol. The van der Waals surface area contributed by atoms with Crippen LogP contribution in [0.3, 0.4) is 0 Å². The van der Waals surface area contributed by atoms with E-state index in [1.807, 2.05) is 23.6 Å². The maximum Gasteiger partial charge on any atom is 0.277 e. The molecular formula is C16H11ClN4O2S2. The quantitative estimate of drug-likeness (QED) is 0.647. The zero-order valence-electron chi connectivity index (χ0n) is 12.9. The Morgan fingerprint density at radius 2 is 2.28 bits per heavy atom. The summed E-state index contributed by atoms with van der Waals surface area (Å²) in [5.74, 6) is 0.200. The van der Waals surface area contributed by atoms with E-state index >= 15 is 0 Å². The van der Waals surface area contributed by atoms with E-state index in [0.717, 1.165) is 4.88 Å². The second-order valence-corrected chi connectivity index (χ2v) is 7.55. The first kappa shape index (κ1) is 17.5. The van der Waals surface area contributed by atoms with Gasteiger partial charge in [0.1, 0.15) is 6.07 Å². The number of hydrogen-bond donors (Lipinski definition) is 1. The molecule has 1 atom stereocenters. The van der Waals surface area contributed by atoms with E-state index < -0.39 is 5.25 Å². The third kappa shape index (κ3) is 4.20. The summed E-state index contributed by atoms with van der Waals surface area (Å²) in [6, 6.07) is 10.5. The highest BCUT2D eigenvalue weighted by molar-refractivity contribution is 8.00. The summed E-state index contributed by atoms with van der Waals surface area (Å²) in [5, 5.41) is 21.6. The van der Waals surface area contributed by atoms with Crippen molar-refractivity contribution in [3.8, 4) is 16.8 Å². The van der Waals surface area contributed by atoms with Crippen molar-refractivity contribution in [3.05, 3.63) is 46.3 Å². The van der Waals surface area contributed by atoms with Crippen LogP contribution in [0.5, 0.6) is 0 Å². The van der Waals surface area contributed by atoms with Crippen LogP contribution in [-0.2, 0) is 4.79 Å². The second-order valence-electron chi connectivity index (χ2n) is 4.91. The van der Waals surface area contributed by atoms with Gasteiger partial charge in [-0.05, 0) is 36.6 Å². The Hall–Kier alpha value is -2.34. The summed E-state index contributed by atoms with van der Waals surface area (Å²) in [6.07, 6.45) is 0. The van der Waals surface area contributed by atoms with Crippen molar-refractivity contribution in [2.24, 2.45) is 0 Å². The Kier molecular flexibility index (Phi) is 5.38. The van der Waals surface area contributed by atoms with Crippen LogP contribution in [0.15, 0.2) is 45.4 Å². The van der Waals surface area contributed by atoms with E-state index in [9.17, 15) is 4.79 Å². The van der Waals surface area contributed by atoms with Crippen LogP contribution in [0, 0.1) is 11.3 Å². The second kappa shape index (κ2) is 7.70. The van der Waals surface area contributed by atoms with Crippen LogP contribution in [0.2, 0.25) is 5.02 Å². The molecule has 0 aliphatic carbocycles. The molecule has 0 radical (unpaired) electrons. The Bertz CT molecular complexity index is 934. The SMILES string of the molecule is CC(Sc1nnc(-c2cccs2)o1)C(=O)Nc1ccc(C#N)c(Cl)c1. The summed E-state index contributed by atoms with van der Waals surface area (Å²) in [6.45, 7) is 1.74. The number of halogens is 1. The highest BCUT2D eigenvalue weighted by Gasteiger charge is 2.19. The van der Waals surface area contributed by atoms with Gasteiger partial charge < -0.3 is 9.73 Å². The number of hydrogen-bond acceptors (Lipinski definition) is 7. The van der Waals surface area contributed by atoms with E-state index in [1.165, 1.54) is 29.2 Å². The van der Waals surface area contributed by atoms with Gasteiger partial charge in [-0.25, -0.2) is 0 Å². The molecule has 25 heavy (non-hydrogen) atoms. The number of thioether (sulfide) groups is 1. The zero-order valence-corrected chi connectivity index (χ0v) is 15.3. The summed E-state index contributed by atoms with van der Waals surface area (Å²) in [7, 11) is 0. The van der Waals surface area contributed by atoms with Crippen LogP contribution < -0.4 is 5.32 Å². The molecule has 2 aromatic heterocycles. The third-order valence-electron chi connectivity index (χ3n) is 3.14. The molecule has 1 unspecified atom stereocenters. The normalized spacial score (nSPS) is 11.7. The van der Waals surface area contributed by atoms with Gasteiger partial charge in [-0.1, -0.05) is 29.4 Å². The third-order valence-corrected chi connectivity index (χ3v) is 5.25. The molecule has 126 valence electrons. The average molecular weight is 391 g/mol. The van der Waals surface area contributed by atoms with E-state index in [1.54, 1.807) is 19.1 Å². The van der Waals surface area contributed by atoms with Crippen LogP contribution in [0.1, 0.15) is 12.5 Å². The minimum atomic E-state index is -0.453. The number of anilines is 1. The fraction of sp³-hybridized carbons (Fsp3) is 0.125. The number of nitrogens with one attached hydrogen (secondary N) is 1. The van der Waals surface area contributed by atoms with Gasteiger partial charge in [0.05, 0.1) is 20.7 Å². The van der Waals surface area contributed by atoms with E-state index in [4.69, 9.17) is 21.3 Å². The summed E-state index contributed by atoms with van der Waals surface area (Å²) >= 11 is 8.63. The fourth-order valence-electron chi connectivity index (χ4n) is 1.89. The van der Waals surface area contributed by atoms with Gasteiger partial charge in [0.25, 0.3) is 11.1 Å². The molecule has 0 saturated heterocycles. The van der Waals surface area contributed by atoms with Crippen LogP contribution in [0.25, 0.3) is 10.8 Å². The lowest BCUT2D eigenvalue weighted by atomic mass is 10.2. The molecule has 9 heteroatoms. The van der Waals surface area contributed by atoms with Gasteiger partial charge in [0.15, 0.2) is 0 Å². The molecule has 0 fully saturated rings. The smallest absolute Gasteiger partial charge is 0.277 e.